The molecule has 2 rings (SSSR count). The van der Waals surface area contributed by atoms with E-state index in [0.29, 0.717) is 18.1 Å². The maximum Gasteiger partial charge on any atom is 0.225 e. The van der Waals surface area contributed by atoms with Gasteiger partial charge in [0.15, 0.2) is 12.0 Å². The van der Waals surface area contributed by atoms with Gasteiger partial charge in [0.05, 0.1) is 0 Å². The zero-order valence-corrected chi connectivity index (χ0v) is 9.69. The Morgan fingerprint density at radius 1 is 1.56 bits per heavy atom. The summed E-state index contributed by atoms with van der Waals surface area (Å²) in [5, 5.41) is 8.97. The summed E-state index contributed by atoms with van der Waals surface area (Å²) in [7, 11) is 0. The number of likely N-dealkylation sites (tertiary alicyclic amines) is 1. The Hall–Kier alpha value is -1.50. The van der Waals surface area contributed by atoms with Crippen LogP contribution in [0.25, 0.3) is 0 Å². The lowest BCUT2D eigenvalue weighted by atomic mass is 9.94. The van der Waals surface area contributed by atoms with Crippen LogP contribution in [-0.4, -0.2) is 23.6 Å². The zero-order valence-electron chi connectivity index (χ0n) is 9.69. The third-order valence-corrected chi connectivity index (χ3v) is 3.47. The van der Waals surface area contributed by atoms with Crippen molar-refractivity contribution in [1.82, 2.24) is 4.90 Å². The van der Waals surface area contributed by atoms with Crippen LogP contribution in [0.15, 0.2) is 11.3 Å². The largest absolute Gasteiger partial charge is 0.460 e. The molecule has 0 bridgehead atoms. The first-order valence-corrected chi connectivity index (χ1v) is 5.70. The number of nitriles is 1. The van der Waals surface area contributed by atoms with Crippen LogP contribution in [0, 0.1) is 17.2 Å². The fourth-order valence-corrected chi connectivity index (χ4v) is 2.26. The smallest absolute Gasteiger partial charge is 0.225 e. The molecule has 4 nitrogen and oxygen atoms in total. The molecule has 0 spiro atoms. The van der Waals surface area contributed by atoms with Crippen molar-refractivity contribution >= 4 is 5.91 Å². The van der Waals surface area contributed by atoms with Crippen molar-refractivity contribution in [3.63, 3.8) is 0 Å². The molecule has 2 aliphatic rings. The number of hydrogen-bond acceptors (Lipinski definition) is 3. The predicted molar refractivity (Wildman–Crippen MR) is 57.9 cm³/mol. The Labute approximate surface area is 95.5 Å². The van der Waals surface area contributed by atoms with Crippen LogP contribution in [0.4, 0.5) is 0 Å². The average Bonchev–Trinajstić information content (AvgIpc) is 2.68. The third kappa shape index (κ3) is 1.78. The van der Waals surface area contributed by atoms with Crippen LogP contribution >= 0.6 is 0 Å². The first kappa shape index (κ1) is 11.0. The Bertz CT molecular complexity index is 381. The molecule has 16 heavy (non-hydrogen) atoms. The number of hydrogen-bond donors (Lipinski definition) is 0. The van der Waals surface area contributed by atoms with E-state index in [2.05, 4.69) is 13.0 Å². The number of nitrogens with zero attached hydrogens (tertiary/aromatic N) is 2. The normalized spacial score (nSPS) is 30.3. The molecule has 1 saturated heterocycles. The summed E-state index contributed by atoms with van der Waals surface area (Å²) >= 11 is 0. The molecule has 0 aliphatic carbocycles. The maximum atomic E-state index is 11.6. The van der Waals surface area contributed by atoms with Gasteiger partial charge in [-0.3, -0.25) is 4.79 Å². The van der Waals surface area contributed by atoms with Gasteiger partial charge in [0.25, 0.3) is 0 Å². The van der Waals surface area contributed by atoms with Crippen LogP contribution in [0.2, 0.25) is 0 Å². The summed E-state index contributed by atoms with van der Waals surface area (Å²) in [6.45, 7) is 4.75. The van der Waals surface area contributed by atoms with Crippen molar-refractivity contribution in [2.75, 3.05) is 6.54 Å². The lowest BCUT2D eigenvalue weighted by Gasteiger charge is -2.34. The second kappa shape index (κ2) is 4.17. The van der Waals surface area contributed by atoms with E-state index in [0.717, 1.165) is 25.0 Å². The summed E-state index contributed by atoms with van der Waals surface area (Å²) in [5.41, 5.74) is 0.991. The first-order chi connectivity index (χ1) is 7.63. The topological polar surface area (TPSA) is 53.3 Å². The molecule has 4 heteroatoms. The highest BCUT2D eigenvalue weighted by atomic mass is 16.5. The van der Waals surface area contributed by atoms with Gasteiger partial charge in [0, 0.05) is 19.4 Å². The van der Waals surface area contributed by atoms with E-state index in [1.54, 1.807) is 4.90 Å². The summed E-state index contributed by atoms with van der Waals surface area (Å²) in [6, 6.07) is 2.07. The van der Waals surface area contributed by atoms with Crippen LogP contribution in [0.3, 0.4) is 0 Å². The SMILES string of the molecule is CC1=C(C#N)O[C@@H](N2CCCC2=O)C[C@H]1C. The summed E-state index contributed by atoms with van der Waals surface area (Å²) in [5.74, 6) is 0.847. The lowest BCUT2D eigenvalue weighted by molar-refractivity contribution is -0.139. The second-order valence-electron chi connectivity index (χ2n) is 4.52. The molecule has 1 amide bonds. The van der Waals surface area contributed by atoms with E-state index in [-0.39, 0.29) is 12.1 Å². The molecule has 86 valence electrons. The molecule has 0 saturated carbocycles. The molecule has 0 aromatic carbocycles. The third-order valence-electron chi connectivity index (χ3n) is 3.47. The van der Waals surface area contributed by atoms with Gasteiger partial charge < -0.3 is 9.64 Å². The standard InChI is InChI=1S/C12H16N2O2/c1-8-6-12(14-5-3-4-11(14)15)16-10(7-13)9(8)2/h8,12H,3-6H2,1-2H3/t8-,12-/m1/s1. The molecule has 1 fully saturated rings. The molecule has 0 aromatic rings. The molecule has 0 unspecified atom stereocenters. The Balaban J connectivity index is 2.16. The summed E-state index contributed by atoms with van der Waals surface area (Å²) in [6.07, 6.45) is 2.07. The molecular formula is C12H16N2O2. The van der Waals surface area contributed by atoms with E-state index >= 15 is 0 Å². The highest BCUT2D eigenvalue weighted by Gasteiger charge is 2.34. The van der Waals surface area contributed by atoms with E-state index < -0.39 is 0 Å². The molecule has 2 heterocycles. The van der Waals surface area contributed by atoms with Crippen LogP contribution < -0.4 is 0 Å². The summed E-state index contributed by atoms with van der Waals surface area (Å²) in [4.78, 5) is 13.4. The Morgan fingerprint density at radius 2 is 2.31 bits per heavy atom. The molecule has 0 aromatic heterocycles. The van der Waals surface area contributed by atoms with Gasteiger partial charge >= 0.3 is 0 Å². The second-order valence-corrected chi connectivity index (χ2v) is 4.52. The van der Waals surface area contributed by atoms with Crippen LogP contribution in [-0.2, 0) is 9.53 Å². The van der Waals surface area contributed by atoms with Crippen molar-refractivity contribution in [3.8, 4) is 6.07 Å². The van der Waals surface area contributed by atoms with Crippen molar-refractivity contribution < 1.29 is 9.53 Å². The minimum absolute atomic E-state index is 0.147. The Kier molecular flexibility index (Phi) is 2.86. The number of amides is 1. The molecule has 2 atom stereocenters. The fourth-order valence-electron chi connectivity index (χ4n) is 2.26. The van der Waals surface area contributed by atoms with E-state index in [1.807, 2.05) is 6.92 Å². The number of carbonyl (C=O) groups excluding carboxylic acids is 1. The zero-order chi connectivity index (χ0) is 11.7. The molecule has 2 aliphatic heterocycles. The van der Waals surface area contributed by atoms with E-state index in [9.17, 15) is 4.79 Å². The highest BCUT2D eigenvalue weighted by molar-refractivity contribution is 5.78. The highest BCUT2D eigenvalue weighted by Crippen LogP contribution is 2.31. The Morgan fingerprint density at radius 3 is 2.88 bits per heavy atom. The van der Waals surface area contributed by atoms with Crippen LogP contribution in [0.1, 0.15) is 33.1 Å². The molecule has 0 radical (unpaired) electrons. The number of allylic oxidation sites excluding steroid dienone is 2. The van der Waals surface area contributed by atoms with E-state index in [1.165, 1.54) is 0 Å². The first-order valence-electron chi connectivity index (χ1n) is 5.70. The van der Waals surface area contributed by atoms with Crippen molar-refractivity contribution in [2.24, 2.45) is 5.92 Å². The van der Waals surface area contributed by atoms with Gasteiger partial charge in [-0.25, -0.2) is 0 Å². The van der Waals surface area contributed by atoms with E-state index in [4.69, 9.17) is 10.00 Å². The van der Waals surface area contributed by atoms with Gasteiger partial charge in [-0.2, -0.15) is 5.26 Å². The lowest BCUT2D eigenvalue weighted by Crippen LogP contribution is -2.41. The summed E-state index contributed by atoms with van der Waals surface area (Å²) < 4.78 is 5.60. The maximum absolute atomic E-state index is 11.6. The predicted octanol–water partition coefficient (Wildman–Crippen LogP) is 1.79. The fraction of sp³-hybridized carbons (Fsp3) is 0.667. The molecule has 0 N–H and O–H groups in total. The van der Waals surface area contributed by atoms with Crippen LogP contribution in [0.5, 0.6) is 0 Å². The van der Waals surface area contributed by atoms with Gasteiger partial charge in [0.1, 0.15) is 6.07 Å². The van der Waals surface area contributed by atoms with Crippen molar-refractivity contribution in [1.29, 1.82) is 5.26 Å². The van der Waals surface area contributed by atoms with Gasteiger partial charge in [-0.1, -0.05) is 6.92 Å². The molecular weight excluding hydrogens is 204 g/mol. The monoisotopic (exact) mass is 220 g/mol. The minimum atomic E-state index is -0.233. The number of rotatable bonds is 1. The minimum Gasteiger partial charge on any atom is -0.460 e. The number of carbonyl (C=O) groups is 1. The average molecular weight is 220 g/mol. The number of ether oxygens (including phenoxy) is 1. The van der Waals surface area contributed by atoms with Crippen molar-refractivity contribution in [3.05, 3.63) is 11.3 Å². The van der Waals surface area contributed by atoms with Gasteiger partial charge in [-0.05, 0) is 24.8 Å². The quantitative estimate of drug-likeness (QED) is 0.677. The van der Waals surface area contributed by atoms with Gasteiger partial charge in [-0.15, -0.1) is 0 Å². The van der Waals surface area contributed by atoms with Gasteiger partial charge in [0.2, 0.25) is 5.91 Å². The van der Waals surface area contributed by atoms with Crippen molar-refractivity contribution in [2.45, 2.75) is 39.3 Å².